The van der Waals surface area contributed by atoms with Crippen LogP contribution in [-0.2, 0) is 9.63 Å². The summed E-state index contributed by atoms with van der Waals surface area (Å²) in [5, 5.41) is 5.15. The van der Waals surface area contributed by atoms with Gasteiger partial charge in [-0.15, -0.1) is 0 Å². The highest BCUT2D eigenvalue weighted by molar-refractivity contribution is 6.42. The summed E-state index contributed by atoms with van der Waals surface area (Å²) < 4.78 is 0. The minimum Gasteiger partial charge on any atom is -0.390 e. The third kappa shape index (κ3) is 3.23. The number of oxime groups is 1. The average molecular weight is 341 g/mol. The molecule has 2 aliphatic rings. The van der Waals surface area contributed by atoms with Crippen LogP contribution in [0.1, 0.15) is 31.2 Å². The molecular weight excluding hydrogens is 323 g/mol. The van der Waals surface area contributed by atoms with Crippen LogP contribution in [0.25, 0.3) is 0 Å². The van der Waals surface area contributed by atoms with Gasteiger partial charge in [0.15, 0.2) is 6.10 Å². The van der Waals surface area contributed by atoms with Gasteiger partial charge in [0.05, 0.1) is 22.3 Å². The monoisotopic (exact) mass is 340 g/mol. The fourth-order valence-electron chi connectivity index (χ4n) is 2.73. The Labute approximate surface area is 140 Å². The predicted molar refractivity (Wildman–Crippen MR) is 87.5 cm³/mol. The summed E-state index contributed by atoms with van der Waals surface area (Å²) in [6.45, 7) is 0.559. The fraction of sp³-hybridized carbons (Fsp3) is 0.500. The van der Waals surface area contributed by atoms with Gasteiger partial charge in [0.2, 0.25) is 5.91 Å². The Balaban J connectivity index is 1.57. The number of carbonyl (C=O) groups is 1. The first kappa shape index (κ1) is 15.6. The number of hydrogen-bond donors (Lipinski definition) is 0. The van der Waals surface area contributed by atoms with Gasteiger partial charge in [-0.1, -0.05) is 40.8 Å². The van der Waals surface area contributed by atoms with Crippen molar-refractivity contribution >= 4 is 34.8 Å². The summed E-state index contributed by atoms with van der Waals surface area (Å²) in [6.07, 6.45) is 3.76. The van der Waals surface area contributed by atoms with Gasteiger partial charge in [0, 0.05) is 24.9 Å². The molecule has 1 aromatic rings. The van der Waals surface area contributed by atoms with Crippen LogP contribution in [0.5, 0.6) is 0 Å². The maximum absolute atomic E-state index is 12.1. The minimum atomic E-state index is -0.0986. The quantitative estimate of drug-likeness (QED) is 0.837. The SMILES string of the molecule is CN(C[C@@H]1CC(c2ccc(Cl)c(Cl)c2)=NO1)C(=O)C1CCC1. The molecular formula is C16H18Cl2N2O2. The fourth-order valence-corrected chi connectivity index (χ4v) is 3.03. The van der Waals surface area contributed by atoms with E-state index in [0.717, 1.165) is 30.5 Å². The number of halogens is 2. The lowest BCUT2D eigenvalue weighted by atomic mass is 9.84. The summed E-state index contributed by atoms with van der Waals surface area (Å²) in [5.41, 5.74) is 1.75. The van der Waals surface area contributed by atoms with Crippen molar-refractivity contribution < 1.29 is 9.63 Å². The van der Waals surface area contributed by atoms with Crippen LogP contribution >= 0.6 is 23.2 Å². The highest BCUT2D eigenvalue weighted by Gasteiger charge is 2.31. The van der Waals surface area contributed by atoms with Gasteiger partial charge in [0.25, 0.3) is 0 Å². The van der Waals surface area contributed by atoms with E-state index in [1.807, 2.05) is 13.1 Å². The molecule has 1 saturated carbocycles. The number of benzene rings is 1. The molecule has 0 N–H and O–H groups in total. The van der Waals surface area contributed by atoms with E-state index >= 15 is 0 Å². The first-order chi connectivity index (χ1) is 10.5. The summed E-state index contributed by atoms with van der Waals surface area (Å²) in [5.74, 6) is 0.430. The molecule has 6 heteroatoms. The number of hydrogen-bond acceptors (Lipinski definition) is 3. The summed E-state index contributed by atoms with van der Waals surface area (Å²) >= 11 is 12.0. The zero-order valence-corrected chi connectivity index (χ0v) is 13.9. The first-order valence-electron chi connectivity index (χ1n) is 7.47. The van der Waals surface area contributed by atoms with Crippen molar-refractivity contribution in [2.24, 2.45) is 11.1 Å². The van der Waals surface area contributed by atoms with Crippen molar-refractivity contribution in [1.82, 2.24) is 4.90 Å². The molecule has 22 heavy (non-hydrogen) atoms. The highest BCUT2D eigenvalue weighted by atomic mass is 35.5. The first-order valence-corrected chi connectivity index (χ1v) is 8.23. The molecule has 1 heterocycles. The number of carbonyl (C=O) groups excluding carboxylic acids is 1. The molecule has 0 saturated heterocycles. The van der Waals surface area contributed by atoms with Crippen LogP contribution in [0.4, 0.5) is 0 Å². The Morgan fingerprint density at radius 3 is 2.77 bits per heavy atom. The maximum atomic E-state index is 12.1. The van der Waals surface area contributed by atoms with Crippen LogP contribution < -0.4 is 0 Å². The Hall–Kier alpha value is -1.26. The molecule has 1 aliphatic carbocycles. The van der Waals surface area contributed by atoms with E-state index in [1.165, 1.54) is 0 Å². The van der Waals surface area contributed by atoms with E-state index in [1.54, 1.807) is 17.0 Å². The van der Waals surface area contributed by atoms with Crippen molar-refractivity contribution in [1.29, 1.82) is 0 Å². The van der Waals surface area contributed by atoms with Crippen molar-refractivity contribution in [3.63, 3.8) is 0 Å². The molecule has 0 radical (unpaired) electrons. The molecule has 1 aromatic carbocycles. The molecule has 1 fully saturated rings. The minimum absolute atomic E-state index is 0.0986. The standard InChI is InChI=1S/C16H18Cl2N2O2/c1-20(16(21)10-3-2-4-10)9-12-8-15(19-22-12)11-5-6-13(17)14(18)7-11/h5-7,10,12H,2-4,8-9H2,1H3/t12-/m0/s1. The van der Waals surface area contributed by atoms with Crippen molar-refractivity contribution in [3.8, 4) is 0 Å². The molecule has 0 unspecified atom stereocenters. The van der Waals surface area contributed by atoms with Crippen molar-refractivity contribution in [2.75, 3.05) is 13.6 Å². The average Bonchev–Trinajstić information content (AvgIpc) is 2.88. The second-order valence-electron chi connectivity index (χ2n) is 5.94. The Morgan fingerprint density at radius 2 is 2.14 bits per heavy atom. The van der Waals surface area contributed by atoms with Gasteiger partial charge in [-0.25, -0.2) is 0 Å². The van der Waals surface area contributed by atoms with E-state index in [-0.39, 0.29) is 17.9 Å². The lowest BCUT2D eigenvalue weighted by Crippen LogP contribution is -2.40. The number of amides is 1. The van der Waals surface area contributed by atoms with Crippen LogP contribution in [0, 0.1) is 5.92 Å². The summed E-state index contributed by atoms with van der Waals surface area (Å²) in [4.78, 5) is 19.4. The van der Waals surface area contributed by atoms with Gasteiger partial charge in [0.1, 0.15) is 0 Å². The van der Waals surface area contributed by atoms with E-state index in [4.69, 9.17) is 28.0 Å². The van der Waals surface area contributed by atoms with Gasteiger partial charge >= 0.3 is 0 Å². The molecule has 4 nitrogen and oxygen atoms in total. The van der Waals surface area contributed by atoms with Crippen molar-refractivity contribution in [2.45, 2.75) is 31.8 Å². The third-order valence-corrected chi connectivity index (χ3v) is 5.03. The third-order valence-electron chi connectivity index (χ3n) is 4.29. The van der Waals surface area contributed by atoms with Gasteiger partial charge in [-0.3, -0.25) is 4.79 Å². The molecule has 3 rings (SSSR count). The molecule has 1 aliphatic heterocycles. The van der Waals surface area contributed by atoms with E-state index in [0.29, 0.717) is 23.0 Å². The van der Waals surface area contributed by atoms with Crippen molar-refractivity contribution in [3.05, 3.63) is 33.8 Å². The number of rotatable bonds is 4. The largest absolute Gasteiger partial charge is 0.390 e. The van der Waals surface area contributed by atoms with E-state index < -0.39 is 0 Å². The van der Waals surface area contributed by atoms with Crippen LogP contribution in [0.15, 0.2) is 23.4 Å². The summed E-state index contributed by atoms with van der Waals surface area (Å²) in [7, 11) is 1.83. The molecule has 118 valence electrons. The van der Waals surface area contributed by atoms with Gasteiger partial charge in [-0.05, 0) is 25.0 Å². The van der Waals surface area contributed by atoms with Crippen LogP contribution in [0.2, 0.25) is 10.0 Å². The highest BCUT2D eigenvalue weighted by Crippen LogP contribution is 2.29. The lowest BCUT2D eigenvalue weighted by Gasteiger charge is -2.30. The molecule has 0 aromatic heterocycles. The maximum Gasteiger partial charge on any atom is 0.225 e. The zero-order chi connectivity index (χ0) is 15.7. The summed E-state index contributed by atoms with van der Waals surface area (Å²) in [6, 6.07) is 5.42. The molecule has 0 spiro atoms. The Morgan fingerprint density at radius 1 is 1.36 bits per heavy atom. The zero-order valence-electron chi connectivity index (χ0n) is 12.4. The second-order valence-corrected chi connectivity index (χ2v) is 6.76. The van der Waals surface area contributed by atoms with E-state index in [2.05, 4.69) is 5.16 Å². The van der Waals surface area contributed by atoms with Gasteiger partial charge < -0.3 is 9.74 Å². The predicted octanol–water partition coefficient (Wildman–Crippen LogP) is 3.74. The molecule has 1 amide bonds. The van der Waals surface area contributed by atoms with Crippen LogP contribution in [-0.4, -0.2) is 36.2 Å². The second kappa shape index (κ2) is 6.47. The normalized spacial score (nSPS) is 21.0. The van der Waals surface area contributed by atoms with Gasteiger partial charge in [-0.2, -0.15) is 0 Å². The number of nitrogens with zero attached hydrogens (tertiary/aromatic N) is 2. The lowest BCUT2D eigenvalue weighted by molar-refractivity contribution is -0.138. The molecule has 0 bridgehead atoms. The van der Waals surface area contributed by atoms with Crippen LogP contribution in [0.3, 0.4) is 0 Å². The topological polar surface area (TPSA) is 41.9 Å². The van der Waals surface area contributed by atoms with E-state index in [9.17, 15) is 4.79 Å². The Kier molecular flexibility index (Phi) is 4.59. The molecule has 1 atom stereocenters. The smallest absolute Gasteiger partial charge is 0.225 e. The Bertz CT molecular complexity index is 614. The number of likely N-dealkylation sites (N-methyl/N-ethyl adjacent to an activating group) is 1.